The van der Waals surface area contributed by atoms with Crippen LogP contribution in [0.2, 0.25) is 0 Å². The molecule has 24 heavy (non-hydrogen) atoms. The SMILES string of the molecule is CC(=O)NC(CS)C(=O)O.NC(CSSCC(N)C(=O)O)C(=O)O. The summed E-state index contributed by atoms with van der Waals surface area (Å²) in [7, 11) is 2.41. The van der Waals surface area contributed by atoms with E-state index < -0.39 is 36.0 Å². The van der Waals surface area contributed by atoms with Crippen molar-refractivity contribution in [3.8, 4) is 0 Å². The summed E-state index contributed by atoms with van der Waals surface area (Å²) >= 11 is 3.73. The van der Waals surface area contributed by atoms with Crippen LogP contribution in [0.5, 0.6) is 0 Å². The predicted molar refractivity (Wildman–Crippen MR) is 95.2 cm³/mol. The van der Waals surface area contributed by atoms with E-state index in [2.05, 4.69) is 17.9 Å². The van der Waals surface area contributed by atoms with Gasteiger partial charge in [0, 0.05) is 24.2 Å². The van der Waals surface area contributed by atoms with Gasteiger partial charge in [0.05, 0.1) is 0 Å². The number of amides is 1. The van der Waals surface area contributed by atoms with E-state index in [-0.39, 0.29) is 23.2 Å². The lowest BCUT2D eigenvalue weighted by Crippen LogP contribution is -2.40. The maximum absolute atomic E-state index is 10.3. The first-order valence-electron chi connectivity index (χ1n) is 6.34. The van der Waals surface area contributed by atoms with E-state index in [0.717, 1.165) is 0 Å². The average Bonchev–Trinajstić information content (AvgIpc) is 2.48. The van der Waals surface area contributed by atoms with Gasteiger partial charge in [0.25, 0.3) is 0 Å². The third-order valence-corrected chi connectivity index (χ3v) is 4.91. The average molecular weight is 404 g/mol. The zero-order valence-electron chi connectivity index (χ0n) is 12.7. The number of nitrogens with one attached hydrogen (secondary N) is 1. The minimum absolute atomic E-state index is 0.106. The largest absolute Gasteiger partial charge is 0.480 e. The molecule has 0 rings (SSSR count). The van der Waals surface area contributed by atoms with Gasteiger partial charge in [0.15, 0.2) is 0 Å². The van der Waals surface area contributed by atoms with Crippen LogP contribution in [0.4, 0.5) is 0 Å². The van der Waals surface area contributed by atoms with Gasteiger partial charge in [-0.3, -0.25) is 14.4 Å². The molecule has 0 saturated heterocycles. The number of thiol groups is 1. The zero-order chi connectivity index (χ0) is 19.3. The summed E-state index contributed by atoms with van der Waals surface area (Å²) in [6.45, 7) is 1.26. The molecule has 0 saturated carbocycles. The summed E-state index contributed by atoms with van der Waals surface area (Å²) in [5.74, 6) is -3.00. The fraction of sp³-hybridized carbons (Fsp3) is 0.636. The maximum atomic E-state index is 10.3. The van der Waals surface area contributed by atoms with Crippen LogP contribution in [0.15, 0.2) is 0 Å². The lowest BCUT2D eigenvalue weighted by Gasteiger charge is -2.08. The number of nitrogens with two attached hydrogens (primary N) is 2. The number of rotatable bonds is 10. The van der Waals surface area contributed by atoms with E-state index in [4.69, 9.17) is 26.8 Å². The smallest absolute Gasteiger partial charge is 0.327 e. The number of aliphatic carboxylic acids is 3. The van der Waals surface area contributed by atoms with Crippen molar-refractivity contribution in [3.63, 3.8) is 0 Å². The molecule has 3 unspecified atom stereocenters. The minimum atomic E-state index is -1.07. The van der Waals surface area contributed by atoms with Gasteiger partial charge in [-0.25, -0.2) is 4.79 Å². The van der Waals surface area contributed by atoms with Crippen LogP contribution in [0.1, 0.15) is 6.92 Å². The summed E-state index contributed by atoms with van der Waals surface area (Å²) in [4.78, 5) is 41.0. The van der Waals surface area contributed by atoms with Crippen molar-refractivity contribution in [3.05, 3.63) is 0 Å². The first-order valence-corrected chi connectivity index (χ1v) is 9.46. The van der Waals surface area contributed by atoms with Crippen molar-refractivity contribution < 1.29 is 34.5 Å². The Labute approximate surface area is 151 Å². The molecule has 0 heterocycles. The van der Waals surface area contributed by atoms with Crippen LogP contribution >= 0.6 is 34.2 Å². The Morgan fingerprint density at radius 1 is 0.958 bits per heavy atom. The molecule has 0 spiro atoms. The number of hydrogen-bond acceptors (Lipinski definition) is 9. The van der Waals surface area contributed by atoms with Crippen molar-refractivity contribution in [2.75, 3.05) is 17.3 Å². The van der Waals surface area contributed by atoms with Crippen LogP contribution in [-0.4, -0.2) is 74.5 Å². The van der Waals surface area contributed by atoms with Crippen molar-refractivity contribution in [2.45, 2.75) is 25.0 Å². The monoisotopic (exact) mass is 403 g/mol. The molecular formula is C11H21N3O7S3. The number of carboxylic acids is 3. The molecule has 0 bridgehead atoms. The molecule has 0 aromatic heterocycles. The fourth-order valence-corrected chi connectivity index (χ4v) is 3.29. The Bertz CT molecular complexity index is 417. The number of carbonyl (C=O) groups is 4. The fourth-order valence-electron chi connectivity index (χ4n) is 0.816. The summed E-state index contributed by atoms with van der Waals surface area (Å²) in [6.07, 6.45) is 0. The number of hydrogen-bond donors (Lipinski definition) is 7. The van der Waals surface area contributed by atoms with Gasteiger partial charge < -0.3 is 32.1 Å². The third kappa shape index (κ3) is 14.4. The van der Waals surface area contributed by atoms with Crippen LogP contribution < -0.4 is 16.8 Å². The zero-order valence-corrected chi connectivity index (χ0v) is 15.3. The molecule has 0 aromatic rings. The second kappa shape index (κ2) is 14.2. The summed E-state index contributed by atoms with van der Waals surface area (Å²) in [5.41, 5.74) is 10.4. The highest BCUT2D eigenvalue weighted by atomic mass is 33.1. The number of carboxylic acid groups (broad SMARTS) is 3. The quantitative estimate of drug-likeness (QED) is 0.130. The topological polar surface area (TPSA) is 193 Å². The number of carbonyl (C=O) groups excluding carboxylic acids is 1. The lowest BCUT2D eigenvalue weighted by atomic mass is 10.3. The molecule has 1 amide bonds. The third-order valence-electron chi connectivity index (χ3n) is 2.07. The molecule has 0 fully saturated rings. The van der Waals surface area contributed by atoms with Gasteiger partial charge in [0.1, 0.15) is 18.1 Å². The molecule has 0 aromatic carbocycles. The normalized spacial score (nSPS) is 13.7. The second-order valence-corrected chi connectivity index (χ2v) is 7.15. The Morgan fingerprint density at radius 3 is 1.50 bits per heavy atom. The van der Waals surface area contributed by atoms with Crippen LogP contribution in [-0.2, 0) is 19.2 Å². The highest BCUT2D eigenvalue weighted by Crippen LogP contribution is 2.22. The van der Waals surface area contributed by atoms with E-state index >= 15 is 0 Å². The van der Waals surface area contributed by atoms with Crippen molar-refractivity contribution in [1.29, 1.82) is 0 Å². The van der Waals surface area contributed by atoms with Gasteiger partial charge in [-0.2, -0.15) is 12.6 Å². The van der Waals surface area contributed by atoms with Gasteiger partial charge in [-0.05, 0) is 0 Å². The van der Waals surface area contributed by atoms with Crippen molar-refractivity contribution >= 4 is 58.0 Å². The molecule has 8 N–H and O–H groups in total. The Kier molecular flexibility index (Phi) is 14.9. The van der Waals surface area contributed by atoms with Gasteiger partial charge >= 0.3 is 17.9 Å². The molecule has 0 aliphatic carbocycles. The molecule has 0 aliphatic rings. The maximum Gasteiger partial charge on any atom is 0.327 e. The van der Waals surface area contributed by atoms with E-state index in [9.17, 15) is 19.2 Å². The first-order chi connectivity index (χ1) is 11.0. The Morgan fingerprint density at radius 2 is 1.33 bits per heavy atom. The van der Waals surface area contributed by atoms with E-state index in [0.29, 0.717) is 0 Å². The summed E-state index contributed by atoms with van der Waals surface area (Å²) < 4.78 is 0. The van der Waals surface area contributed by atoms with Crippen LogP contribution in [0, 0.1) is 0 Å². The summed E-state index contributed by atoms with van der Waals surface area (Å²) in [5, 5.41) is 27.4. The molecule has 13 heteroatoms. The van der Waals surface area contributed by atoms with E-state index in [1.165, 1.54) is 28.5 Å². The first kappa shape index (κ1) is 25.1. The molecule has 0 aliphatic heterocycles. The Balaban J connectivity index is 0. The molecule has 140 valence electrons. The highest BCUT2D eigenvalue weighted by Gasteiger charge is 2.15. The molecule has 3 atom stereocenters. The van der Waals surface area contributed by atoms with Crippen molar-refractivity contribution in [1.82, 2.24) is 5.32 Å². The lowest BCUT2D eigenvalue weighted by molar-refractivity contribution is -0.141. The van der Waals surface area contributed by atoms with Gasteiger partial charge in [-0.1, -0.05) is 21.6 Å². The molecule has 0 radical (unpaired) electrons. The predicted octanol–water partition coefficient (Wildman–Crippen LogP) is -1.30. The minimum Gasteiger partial charge on any atom is -0.480 e. The van der Waals surface area contributed by atoms with E-state index in [1.807, 2.05) is 0 Å². The van der Waals surface area contributed by atoms with Crippen LogP contribution in [0.3, 0.4) is 0 Å². The van der Waals surface area contributed by atoms with Gasteiger partial charge in [-0.15, -0.1) is 0 Å². The van der Waals surface area contributed by atoms with Gasteiger partial charge in [0.2, 0.25) is 5.91 Å². The standard InChI is InChI=1S/C6H12N2O4S2.C5H9NO3S/c7-3(5(9)10)1-13-14-2-4(8)6(11)12;1-3(7)6-4(2-10)5(8)9/h3-4H,1-2,7-8H2,(H,9,10)(H,11,12);4,10H,2H2,1H3,(H,6,7)(H,8,9). The Hall–Kier alpha value is -1.15. The summed E-state index contributed by atoms with van der Waals surface area (Å²) in [6, 6.07) is -2.72. The van der Waals surface area contributed by atoms with E-state index in [1.54, 1.807) is 0 Å². The second-order valence-electron chi connectivity index (χ2n) is 4.23. The highest BCUT2D eigenvalue weighted by molar-refractivity contribution is 8.76. The molecule has 10 nitrogen and oxygen atoms in total. The van der Waals surface area contributed by atoms with Crippen LogP contribution in [0.25, 0.3) is 0 Å². The molecular weight excluding hydrogens is 382 g/mol. The van der Waals surface area contributed by atoms with Crippen molar-refractivity contribution in [2.24, 2.45) is 11.5 Å².